The molecule has 1 aromatic carbocycles. The van der Waals surface area contributed by atoms with Crippen LogP contribution >= 0.6 is 0 Å². The molecule has 0 aliphatic heterocycles. The Bertz CT molecular complexity index is 456. The van der Waals surface area contributed by atoms with Crippen molar-refractivity contribution in [1.82, 2.24) is 0 Å². The number of ether oxygens (including phenoxy) is 1. The summed E-state index contributed by atoms with van der Waals surface area (Å²) in [6.07, 6.45) is 6.48. The highest BCUT2D eigenvalue weighted by Gasteiger charge is 2.15. The number of nitro benzene ring substituents is 1. The predicted octanol–water partition coefficient (Wildman–Crippen LogP) is 3.66. The lowest BCUT2D eigenvalue weighted by atomic mass is 9.98. The summed E-state index contributed by atoms with van der Waals surface area (Å²) in [7, 11) is 0. The molecule has 0 aromatic heterocycles. The third-order valence-electron chi connectivity index (χ3n) is 3.67. The summed E-state index contributed by atoms with van der Waals surface area (Å²) in [5, 5.41) is 14.1. The number of nitrogens with zero attached hydrogens (tertiary/aromatic N) is 1. The topological polar surface area (TPSA) is 64.4 Å². The molecule has 20 heavy (non-hydrogen) atoms. The first kappa shape index (κ1) is 14.8. The Morgan fingerprint density at radius 2 is 2.10 bits per heavy atom. The molecule has 1 aliphatic rings. The van der Waals surface area contributed by atoms with E-state index in [9.17, 15) is 10.1 Å². The van der Waals surface area contributed by atoms with Crippen LogP contribution in [0.1, 0.15) is 37.7 Å². The van der Waals surface area contributed by atoms with Crippen LogP contribution in [0.3, 0.4) is 0 Å². The molecule has 1 fully saturated rings. The molecule has 0 heterocycles. The second-order valence-electron chi connectivity index (χ2n) is 5.34. The van der Waals surface area contributed by atoms with Crippen LogP contribution in [0.4, 0.5) is 11.4 Å². The highest BCUT2D eigenvalue weighted by atomic mass is 16.6. The second kappa shape index (κ2) is 7.24. The summed E-state index contributed by atoms with van der Waals surface area (Å²) in [4.78, 5) is 10.6. The minimum atomic E-state index is -0.350. The number of anilines is 1. The van der Waals surface area contributed by atoms with Gasteiger partial charge in [-0.3, -0.25) is 10.1 Å². The average Bonchev–Trinajstić information content (AvgIpc) is 2.45. The largest absolute Gasteiger partial charge is 0.377 e. The lowest BCUT2D eigenvalue weighted by Gasteiger charge is -2.22. The first-order valence-electron chi connectivity index (χ1n) is 7.27. The third-order valence-corrected chi connectivity index (χ3v) is 3.67. The summed E-state index contributed by atoms with van der Waals surface area (Å²) in [6.45, 7) is 3.04. The summed E-state index contributed by atoms with van der Waals surface area (Å²) in [5.74, 6) is 0. The Kier molecular flexibility index (Phi) is 5.35. The van der Waals surface area contributed by atoms with Crippen molar-refractivity contribution in [2.24, 2.45) is 0 Å². The van der Waals surface area contributed by atoms with E-state index in [4.69, 9.17) is 4.74 Å². The summed E-state index contributed by atoms with van der Waals surface area (Å²) < 4.78 is 5.80. The molecular formula is C15H22N2O3. The molecule has 0 atom stereocenters. The van der Waals surface area contributed by atoms with Gasteiger partial charge in [0.05, 0.1) is 17.6 Å². The van der Waals surface area contributed by atoms with Crippen LogP contribution in [-0.4, -0.2) is 24.2 Å². The predicted molar refractivity (Wildman–Crippen MR) is 79.1 cm³/mol. The fourth-order valence-electron chi connectivity index (χ4n) is 2.59. The molecule has 1 aromatic rings. The van der Waals surface area contributed by atoms with Crippen molar-refractivity contribution in [3.05, 3.63) is 33.9 Å². The van der Waals surface area contributed by atoms with E-state index in [-0.39, 0.29) is 10.6 Å². The summed E-state index contributed by atoms with van der Waals surface area (Å²) in [5.41, 5.74) is 1.58. The summed E-state index contributed by atoms with van der Waals surface area (Å²) >= 11 is 0. The van der Waals surface area contributed by atoms with Gasteiger partial charge < -0.3 is 10.1 Å². The van der Waals surface area contributed by atoms with Gasteiger partial charge in [0.2, 0.25) is 0 Å². The minimum absolute atomic E-state index is 0.127. The molecule has 0 amide bonds. The lowest BCUT2D eigenvalue weighted by molar-refractivity contribution is -0.384. The van der Waals surface area contributed by atoms with Gasteiger partial charge in [0, 0.05) is 12.6 Å². The quantitative estimate of drug-likeness (QED) is 0.490. The van der Waals surface area contributed by atoms with E-state index < -0.39 is 0 Å². The zero-order valence-electron chi connectivity index (χ0n) is 11.9. The maximum Gasteiger partial charge on any atom is 0.292 e. The molecule has 0 radical (unpaired) electrons. The molecule has 110 valence electrons. The number of nitrogens with one attached hydrogen (secondary N) is 1. The maximum absolute atomic E-state index is 11.0. The van der Waals surface area contributed by atoms with Crippen LogP contribution in [0.2, 0.25) is 0 Å². The van der Waals surface area contributed by atoms with Gasteiger partial charge in [0.1, 0.15) is 5.69 Å². The standard InChI is InChI=1S/C15H22N2O3/c1-12-7-8-14(15(11-12)17(18)19)16-9-10-20-13-5-3-2-4-6-13/h7-8,11,13,16H,2-6,9-10H2,1H3. The number of nitro groups is 1. The van der Waals surface area contributed by atoms with Crippen molar-refractivity contribution in [2.75, 3.05) is 18.5 Å². The van der Waals surface area contributed by atoms with Crippen LogP contribution in [0, 0.1) is 17.0 Å². The van der Waals surface area contributed by atoms with E-state index in [0.717, 1.165) is 18.4 Å². The number of benzene rings is 1. The zero-order valence-corrected chi connectivity index (χ0v) is 11.9. The van der Waals surface area contributed by atoms with E-state index in [1.807, 2.05) is 13.0 Å². The van der Waals surface area contributed by atoms with Crippen LogP contribution in [-0.2, 0) is 4.74 Å². The van der Waals surface area contributed by atoms with Crippen LogP contribution in [0.25, 0.3) is 0 Å². The highest BCUT2D eigenvalue weighted by molar-refractivity contribution is 5.62. The van der Waals surface area contributed by atoms with E-state index in [1.165, 1.54) is 19.3 Å². The van der Waals surface area contributed by atoms with Gasteiger partial charge in [0.15, 0.2) is 0 Å². The Morgan fingerprint density at radius 1 is 1.35 bits per heavy atom. The van der Waals surface area contributed by atoms with Gasteiger partial charge in [-0.2, -0.15) is 0 Å². The van der Waals surface area contributed by atoms with E-state index in [1.54, 1.807) is 12.1 Å². The number of aryl methyl sites for hydroxylation is 1. The first-order valence-corrected chi connectivity index (χ1v) is 7.27. The normalized spacial score (nSPS) is 16.1. The molecule has 1 saturated carbocycles. The molecule has 0 unspecified atom stereocenters. The third kappa shape index (κ3) is 4.20. The Morgan fingerprint density at radius 3 is 2.80 bits per heavy atom. The minimum Gasteiger partial charge on any atom is -0.377 e. The monoisotopic (exact) mass is 278 g/mol. The van der Waals surface area contributed by atoms with Gasteiger partial charge in [-0.25, -0.2) is 0 Å². The van der Waals surface area contributed by atoms with Gasteiger partial charge in [-0.15, -0.1) is 0 Å². The van der Waals surface area contributed by atoms with Crippen molar-refractivity contribution in [1.29, 1.82) is 0 Å². The Labute approximate surface area is 119 Å². The van der Waals surface area contributed by atoms with Gasteiger partial charge >= 0.3 is 0 Å². The van der Waals surface area contributed by atoms with E-state index in [0.29, 0.717) is 24.9 Å². The fourth-order valence-corrected chi connectivity index (χ4v) is 2.59. The zero-order chi connectivity index (χ0) is 14.4. The average molecular weight is 278 g/mol. The van der Waals surface area contributed by atoms with Crippen LogP contribution in [0.5, 0.6) is 0 Å². The number of hydrogen-bond donors (Lipinski definition) is 1. The van der Waals surface area contributed by atoms with Gasteiger partial charge in [0.25, 0.3) is 5.69 Å². The van der Waals surface area contributed by atoms with Crippen molar-refractivity contribution in [3.63, 3.8) is 0 Å². The molecule has 0 bridgehead atoms. The Balaban J connectivity index is 1.80. The molecule has 2 rings (SSSR count). The number of rotatable bonds is 6. The van der Waals surface area contributed by atoms with Crippen molar-refractivity contribution >= 4 is 11.4 Å². The molecular weight excluding hydrogens is 256 g/mol. The lowest BCUT2D eigenvalue weighted by Crippen LogP contribution is -2.20. The van der Waals surface area contributed by atoms with Crippen molar-refractivity contribution in [2.45, 2.75) is 45.1 Å². The molecule has 1 N–H and O–H groups in total. The SMILES string of the molecule is Cc1ccc(NCCOC2CCCCC2)c([N+](=O)[O-])c1. The van der Waals surface area contributed by atoms with Gasteiger partial charge in [-0.1, -0.05) is 25.3 Å². The van der Waals surface area contributed by atoms with Crippen LogP contribution in [0.15, 0.2) is 18.2 Å². The van der Waals surface area contributed by atoms with Crippen molar-refractivity contribution in [3.8, 4) is 0 Å². The maximum atomic E-state index is 11.0. The second-order valence-corrected chi connectivity index (χ2v) is 5.34. The fraction of sp³-hybridized carbons (Fsp3) is 0.600. The molecule has 5 nitrogen and oxygen atoms in total. The molecule has 0 saturated heterocycles. The van der Waals surface area contributed by atoms with E-state index >= 15 is 0 Å². The van der Waals surface area contributed by atoms with Crippen molar-refractivity contribution < 1.29 is 9.66 Å². The first-order chi connectivity index (χ1) is 9.66. The van der Waals surface area contributed by atoms with Gasteiger partial charge in [-0.05, 0) is 31.4 Å². The smallest absolute Gasteiger partial charge is 0.292 e. The molecule has 5 heteroatoms. The summed E-state index contributed by atoms with van der Waals surface area (Å²) in [6, 6.07) is 5.22. The molecule has 0 spiro atoms. The van der Waals surface area contributed by atoms with E-state index in [2.05, 4.69) is 5.32 Å². The Hall–Kier alpha value is -1.62. The number of hydrogen-bond acceptors (Lipinski definition) is 4. The highest BCUT2D eigenvalue weighted by Crippen LogP contribution is 2.25. The molecule has 1 aliphatic carbocycles. The van der Waals surface area contributed by atoms with Crippen LogP contribution < -0.4 is 5.32 Å².